The maximum atomic E-state index is 13.9. The molecule has 342 valence electrons. The number of rotatable bonds is 17. The van der Waals surface area contributed by atoms with Crippen molar-refractivity contribution in [3.8, 4) is 0 Å². The van der Waals surface area contributed by atoms with Crippen molar-refractivity contribution < 1.29 is 37.4 Å². The summed E-state index contributed by atoms with van der Waals surface area (Å²) in [6.45, 7) is 14.8. The Morgan fingerprint density at radius 2 is 1.09 bits per heavy atom. The summed E-state index contributed by atoms with van der Waals surface area (Å²) < 4.78 is 49.0. The predicted octanol–water partition coefficient (Wildman–Crippen LogP) is 12.0. The molecule has 0 radical (unpaired) electrons. The van der Waals surface area contributed by atoms with Crippen molar-refractivity contribution in [1.82, 2.24) is 28.7 Å². The molecule has 0 saturated heterocycles. The van der Waals surface area contributed by atoms with Crippen molar-refractivity contribution in [3.63, 3.8) is 0 Å². The van der Waals surface area contributed by atoms with E-state index in [1.54, 1.807) is 0 Å². The second-order valence-corrected chi connectivity index (χ2v) is 16.7. The molecule has 3 atom stereocenters. The highest BCUT2D eigenvalue weighted by Gasteiger charge is 2.27. The van der Waals surface area contributed by atoms with E-state index in [1.807, 2.05) is 144 Å². The molecular weight excluding hydrogens is 954 g/mol. The summed E-state index contributed by atoms with van der Waals surface area (Å²) >= 11 is 6.78. The van der Waals surface area contributed by atoms with E-state index in [4.69, 9.17) is 14.2 Å². The Hall–Kier alpha value is -5.48. The fourth-order valence-electron chi connectivity index (χ4n) is 6.32. The number of benzene rings is 3. The highest BCUT2D eigenvalue weighted by molar-refractivity contribution is 9.11. The van der Waals surface area contributed by atoms with E-state index in [-0.39, 0.29) is 41.4 Å². The predicted molar refractivity (Wildman–Crippen MR) is 248 cm³/mol. The summed E-state index contributed by atoms with van der Waals surface area (Å²) in [6.07, 6.45) is 5.27. The van der Waals surface area contributed by atoms with Gasteiger partial charge in [0, 0.05) is 0 Å². The van der Waals surface area contributed by atoms with Gasteiger partial charge in [-0.25, -0.2) is 29.3 Å². The molecule has 0 aliphatic carbocycles. The zero-order valence-corrected chi connectivity index (χ0v) is 40.4. The lowest BCUT2D eigenvalue weighted by Crippen LogP contribution is -2.18. The largest absolute Gasteiger partial charge is 0.461 e. The lowest BCUT2D eigenvalue weighted by molar-refractivity contribution is 0.0440. The fraction of sp³-hybridized carbons (Fsp3) is 0.375. The van der Waals surface area contributed by atoms with E-state index in [0.29, 0.717) is 34.9 Å². The Kier molecular flexibility index (Phi) is 20.6. The van der Waals surface area contributed by atoms with E-state index < -0.39 is 24.0 Å². The molecule has 16 heteroatoms. The molecule has 0 aliphatic rings. The van der Waals surface area contributed by atoms with Crippen molar-refractivity contribution in [2.45, 2.75) is 92.3 Å². The van der Waals surface area contributed by atoms with Gasteiger partial charge in [-0.1, -0.05) is 132 Å². The number of carbonyl (C=O) groups excluding carboxylic acids is 3. The maximum Gasteiger partial charge on any atom is 0.359 e. The van der Waals surface area contributed by atoms with Gasteiger partial charge < -0.3 is 23.3 Å². The summed E-state index contributed by atoms with van der Waals surface area (Å²) in [5, 5.41) is 0. The Bertz CT molecular complexity index is 2370. The average Bonchev–Trinajstić information content (AvgIpc) is 3.98. The van der Waals surface area contributed by atoms with Crippen molar-refractivity contribution in [3.05, 3.63) is 159 Å². The number of hydrogen-bond donors (Lipinski definition) is 0. The summed E-state index contributed by atoms with van der Waals surface area (Å²) in [7, 11) is 0. The van der Waals surface area contributed by atoms with Crippen molar-refractivity contribution in [2.75, 3.05) is 19.8 Å². The summed E-state index contributed by atoms with van der Waals surface area (Å²) in [6, 6.07) is 28.4. The van der Waals surface area contributed by atoms with Crippen LogP contribution in [0.4, 0.5) is 8.78 Å². The smallest absolute Gasteiger partial charge is 0.359 e. The minimum atomic E-state index is -0.792. The number of unbranched alkanes of at least 4 members (excludes halogenated alkanes) is 2. The van der Waals surface area contributed by atoms with Crippen LogP contribution in [-0.4, -0.2) is 66.4 Å². The number of halogens is 4. The van der Waals surface area contributed by atoms with E-state index in [0.717, 1.165) is 42.4 Å². The van der Waals surface area contributed by atoms with E-state index >= 15 is 0 Å². The normalized spacial score (nSPS) is 12.2. The first-order chi connectivity index (χ1) is 30.7. The zero-order chi connectivity index (χ0) is 46.8. The van der Waals surface area contributed by atoms with Crippen LogP contribution in [0.15, 0.2) is 113 Å². The van der Waals surface area contributed by atoms with Crippen LogP contribution in [0.3, 0.4) is 0 Å². The first-order valence-corrected chi connectivity index (χ1v) is 22.8. The summed E-state index contributed by atoms with van der Waals surface area (Å²) in [4.78, 5) is 48.0. The van der Waals surface area contributed by atoms with Gasteiger partial charge in [0.15, 0.2) is 16.1 Å². The van der Waals surface area contributed by atoms with Gasteiger partial charge in [0.25, 0.3) is 6.08 Å². The lowest BCUT2D eigenvalue weighted by Gasteiger charge is -2.18. The third-order valence-electron chi connectivity index (χ3n) is 9.97. The Morgan fingerprint density at radius 3 is 1.59 bits per heavy atom. The molecule has 0 saturated carbocycles. The molecule has 0 N–H and O–H groups in total. The van der Waals surface area contributed by atoms with Crippen LogP contribution in [0.1, 0.15) is 140 Å². The van der Waals surface area contributed by atoms with Crippen molar-refractivity contribution in [1.29, 1.82) is 0 Å². The number of ether oxygens (including phenoxy) is 3. The van der Waals surface area contributed by atoms with Crippen LogP contribution in [0.2, 0.25) is 0 Å². The molecule has 12 nitrogen and oxygen atoms in total. The summed E-state index contributed by atoms with van der Waals surface area (Å²) in [5.41, 5.74) is 3.40. The molecule has 0 amide bonds. The van der Waals surface area contributed by atoms with Crippen LogP contribution < -0.4 is 0 Å². The highest BCUT2D eigenvalue weighted by Crippen LogP contribution is 2.30. The Labute approximate surface area is 390 Å². The van der Waals surface area contributed by atoms with Crippen molar-refractivity contribution >= 4 is 49.8 Å². The first-order valence-electron chi connectivity index (χ1n) is 21.3. The van der Waals surface area contributed by atoms with Gasteiger partial charge in [0.2, 0.25) is 5.95 Å². The first kappa shape index (κ1) is 51.2. The van der Waals surface area contributed by atoms with E-state index in [9.17, 15) is 23.2 Å². The van der Waals surface area contributed by atoms with Gasteiger partial charge in [-0.05, 0) is 88.1 Å². The Morgan fingerprint density at radius 1 is 0.625 bits per heavy atom. The molecule has 0 aliphatic heterocycles. The van der Waals surface area contributed by atoms with Gasteiger partial charge in [-0.2, -0.15) is 8.78 Å². The van der Waals surface area contributed by atoms with Gasteiger partial charge in [0.05, 0.1) is 50.5 Å². The third-order valence-corrected chi connectivity index (χ3v) is 11.1. The van der Waals surface area contributed by atoms with E-state index in [1.165, 1.54) is 21.7 Å². The standard InChI is InChI=1S/C16H18Br2N2O2.2C16H19FN2O2/c1-10(2)9-22-15(21)13-14(17)19-16(18)20(13)11(3)12-7-5-4-6-8-12;1-3-4-10-21-16(20)14-15(17)18-11-19(14)12(2)13-8-6-5-7-9-13;1-3-4-10-21-15(20)14-11-18-16(17)19(14)12(2)13-8-6-5-7-9-13/h4-8,10-11H,9H2,1-3H3;2*5-9,11-12H,3-4,10H2,1-2H3/t11-;2*12-/m111/s1. The van der Waals surface area contributed by atoms with Crippen LogP contribution >= 0.6 is 31.9 Å². The van der Waals surface area contributed by atoms with Crippen LogP contribution in [0.25, 0.3) is 0 Å². The highest BCUT2D eigenvalue weighted by atomic mass is 79.9. The number of nitrogens with zero attached hydrogens (tertiary/aromatic N) is 6. The Balaban J connectivity index is 0.000000210. The molecule has 0 spiro atoms. The number of hydrogen-bond acceptors (Lipinski definition) is 9. The molecule has 6 aromatic rings. The molecular formula is C48H56Br2F2N6O6. The number of imidazole rings is 3. The molecule has 6 rings (SSSR count). The number of esters is 3. The quantitative estimate of drug-likeness (QED) is 0.0497. The molecule has 3 aromatic heterocycles. The number of aromatic nitrogens is 6. The van der Waals surface area contributed by atoms with Gasteiger partial charge >= 0.3 is 17.9 Å². The monoisotopic (exact) mass is 1010 g/mol. The maximum absolute atomic E-state index is 13.9. The minimum Gasteiger partial charge on any atom is -0.461 e. The molecule has 0 unspecified atom stereocenters. The molecule has 3 heterocycles. The molecule has 64 heavy (non-hydrogen) atoms. The molecule has 0 fully saturated rings. The lowest BCUT2D eigenvalue weighted by atomic mass is 10.1. The zero-order valence-electron chi connectivity index (χ0n) is 37.2. The minimum absolute atomic E-state index is 0.0454. The SMILES string of the molecule is CC(C)COC(=O)c1c(Br)nc(Br)n1[C@H](C)c1ccccc1.CCCCOC(=O)c1c(F)ncn1[C@H](C)c1ccccc1.CCCCOC(=O)c1cnc(F)n1[C@H](C)c1ccccc1. The summed E-state index contributed by atoms with van der Waals surface area (Å²) in [5.74, 6) is -2.08. The van der Waals surface area contributed by atoms with Crippen molar-refractivity contribution in [2.24, 2.45) is 5.92 Å². The van der Waals surface area contributed by atoms with Crippen LogP contribution in [0, 0.1) is 17.9 Å². The topological polar surface area (TPSA) is 132 Å². The van der Waals surface area contributed by atoms with E-state index in [2.05, 4.69) is 46.8 Å². The van der Waals surface area contributed by atoms with Crippen LogP contribution in [-0.2, 0) is 14.2 Å². The third kappa shape index (κ3) is 14.0. The van der Waals surface area contributed by atoms with Gasteiger partial charge in [0.1, 0.15) is 10.3 Å². The van der Waals surface area contributed by atoms with Gasteiger partial charge in [-0.3, -0.25) is 4.57 Å². The second kappa shape index (κ2) is 25.7. The second-order valence-electron chi connectivity index (χ2n) is 15.2. The molecule has 3 aromatic carbocycles. The number of carbonyl (C=O) groups is 3. The van der Waals surface area contributed by atoms with Gasteiger partial charge in [-0.15, -0.1) is 0 Å². The fourth-order valence-corrected chi connectivity index (χ4v) is 7.74. The van der Waals surface area contributed by atoms with Crippen LogP contribution in [0.5, 0.6) is 0 Å². The average molecular weight is 1010 g/mol. The molecule has 0 bridgehead atoms.